The van der Waals surface area contributed by atoms with E-state index in [1.54, 1.807) is 12.4 Å². The number of oxazole rings is 1. The Bertz CT molecular complexity index is 1270. The Kier molecular flexibility index (Phi) is 16.0. The predicted octanol–water partition coefficient (Wildman–Crippen LogP) is 3.79. The average Bonchev–Trinajstić information content (AvgIpc) is 3.61. The highest BCUT2D eigenvalue weighted by Crippen LogP contribution is 2.23. The van der Waals surface area contributed by atoms with Crippen LogP contribution < -0.4 is 21.3 Å². The summed E-state index contributed by atoms with van der Waals surface area (Å²) >= 11 is 0. The Hall–Kier alpha value is -4.11. The van der Waals surface area contributed by atoms with Crippen LogP contribution in [0.15, 0.2) is 41.2 Å². The lowest BCUT2D eigenvalue weighted by Crippen LogP contribution is -2.24. The van der Waals surface area contributed by atoms with Gasteiger partial charge in [0.2, 0.25) is 5.89 Å². The third-order valence-electron chi connectivity index (χ3n) is 5.26. The van der Waals surface area contributed by atoms with Gasteiger partial charge in [0.25, 0.3) is 0 Å². The van der Waals surface area contributed by atoms with Crippen LogP contribution in [0.25, 0.3) is 23.6 Å². The van der Waals surface area contributed by atoms with Gasteiger partial charge in [0.15, 0.2) is 0 Å². The highest BCUT2D eigenvalue weighted by Gasteiger charge is 2.11. The van der Waals surface area contributed by atoms with Gasteiger partial charge in [-0.3, -0.25) is 0 Å². The number of rotatable bonds is 11. The zero-order valence-corrected chi connectivity index (χ0v) is 23.0. The second kappa shape index (κ2) is 19.1. The lowest BCUT2D eigenvalue weighted by Gasteiger charge is -2.00. The molecule has 38 heavy (non-hydrogen) atoms. The molecule has 0 amide bonds. The largest absolute Gasteiger partial charge is 0.441 e. The first kappa shape index (κ1) is 31.9. The molecule has 0 saturated carbocycles. The third kappa shape index (κ3) is 10.5. The van der Waals surface area contributed by atoms with Gasteiger partial charge in [-0.1, -0.05) is 26.8 Å². The van der Waals surface area contributed by atoms with Crippen molar-refractivity contribution in [2.45, 2.75) is 59.5 Å². The van der Waals surface area contributed by atoms with Crippen molar-refractivity contribution in [3.63, 3.8) is 0 Å². The van der Waals surface area contributed by atoms with Crippen molar-refractivity contribution in [2.24, 2.45) is 0 Å². The van der Waals surface area contributed by atoms with E-state index < -0.39 is 0 Å². The van der Waals surface area contributed by atoms with E-state index in [0.717, 1.165) is 66.1 Å². The molecule has 0 saturated heterocycles. The third-order valence-corrected chi connectivity index (χ3v) is 5.26. The topological polar surface area (TPSA) is 107 Å². The van der Waals surface area contributed by atoms with E-state index in [0.29, 0.717) is 12.4 Å². The van der Waals surface area contributed by atoms with Crippen LogP contribution in [0.2, 0.25) is 0 Å². The van der Waals surface area contributed by atoms with Crippen molar-refractivity contribution in [3.05, 3.63) is 64.9 Å². The average molecular weight is 516 g/mol. The molecule has 3 aromatic heterocycles. The van der Waals surface area contributed by atoms with Crippen molar-refractivity contribution in [1.29, 1.82) is 0 Å². The van der Waals surface area contributed by atoms with E-state index in [2.05, 4.69) is 88.1 Å². The van der Waals surface area contributed by atoms with Crippen molar-refractivity contribution < 1.29 is 4.42 Å². The summed E-state index contributed by atoms with van der Waals surface area (Å²) < 4.78 is 6.13. The van der Waals surface area contributed by atoms with Gasteiger partial charge in [0, 0.05) is 23.9 Å². The first-order valence-electron chi connectivity index (χ1n) is 12.8. The van der Waals surface area contributed by atoms with E-state index >= 15 is 0 Å². The molecule has 1 unspecified atom stereocenters. The summed E-state index contributed by atoms with van der Waals surface area (Å²) in [7, 11) is 0. The van der Waals surface area contributed by atoms with E-state index in [1.807, 2.05) is 37.4 Å². The number of hydrogen-bond acceptors (Lipinski definition) is 6. The molecule has 8 heteroatoms. The molecule has 1 atom stereocenters. The molecule has 0 aliphatic carbocycles. The molecule has 0 fully saturated rings. The molecule has 3 aromatic rings. The van der Waals surface area contributed by atoms with Gasteiger partial charge >= 0.3 is 0 Å². The van der Waals surface area contributed by atoms with E-state index in [-0.39, 0.29) is 5.92 Å². The molecule has 3 rings (SSSR count). The fraction of sp³-hybridized carbons (Fsp3) is 0.367. The SMILES string of the molecule is C#C.C#C.C/C=c1/nc(CNCCC)[nH]/c1=C/C(C)c1cnc(-c2cccnc(CNCCC)[nH]cc2)o1. The molecule has 0 aromatic carbocycles. The first-order valence-corrected chi connectivity index (χ1v) is 12.8. The van der Waals surface area contributed by atoms with Crippen LogP contribution in [0.4, 0.5) is 0 Å². The summed E-state index contributed by atoms with van der Waals surface area (Å²) in [6.07, 6.45) is 27.8. The summed E-state index contributed by atoms with van der Waals surface area (Å²) in [4.78, 5) is 20.3. The van der Waals surface area contributed by atoms with Gasteiger partial charge in [-0.25, -0.2) is 15.0 Å². The zero-order chi connectivity index (χ0) is 28.2. The van der Waals surface area contributed by atoms with Gasteiger partial charge in [0.1, 0.15) is 17.4 Å². The Morgan fingerprint density at radius 2 is 1.68 bits per heavy atom. The Labute approximate surface area is 226 Å². The summed E-state index contributed by atoms with van der Waals surface area (Å²) in [5.41, 5.74) is 0.869. The molecule has 0 radical (unpaired) electrons. The summed E-state index contributed by atoms with van der Waals surface area (Å²) in [5, 5.41) is 8.68. The predicted molar refractivity (Wildman–Crippen MR) is 156 cm³/mol. The lowest BCUT2D eigenvalue weighted by molar-refractivity contribution is 0.513. The number of terminal acetylenes is 2. The van der Waals surface area contributed by atoms with Gasteiger partial charge < -0.3 is 25.0 Å². The van der Waals surface area contributed by atoms with Gasteiger partial charge in [0.05, 0.1) is 30.0 Å². The van der Waals surface area contributed by atoms with Crippen LogP contribution >= 0.6 is 0 Å². The zero-order valence-electron chi connectivity index (χ0n) is 23.0. The summed E-state index contributed by atoms with van der Waals surface area (Å²) in [6.45, 7) is 11.7. The number of nitrogens with zero attached hydrogens (tertiary/aromatic N) is 3. The normalized spacial score (nSPS) is 12.0. The van der Waals surface area contributed by atoms with E-state index in [1.165, 1.54) is 0 Å². The number of aromatic amines is 2. The molecule has 4 N–H and O–H groups in total. The summed E-state index contributed by atoms with van der Waals surface area (Å²) in [5.74, 6) is 3.20. The maximum absolute atomic E-state index is 6.13. The number of aromatic nitrogens is 5. The van der Waals surface area contributed by atoms with Gasteiger partial charge in [-0.2, -0.15) is 0 Å². The molecular formula is C30H41N7O. The Morgan fingerprint density at radius 1 is 1.00 bits per heavy atom. The quantitative estimate of drug-likeness (QED) is 0.229. The van der Waals surface area contributed by atoms with E-state index in [9.17, 15) is 0 Å². The minimum Gasteiger partial charge on any atom is -0.441 e. The van der Waals surface area contributed by atoms with Crippen molar-refractivity contribution in [1.82, 2.24) is 35.6 Å². The number of imidazole rings is 1. The van der Waals surface area contributed by atoms with Crippen LogP contribution in [-0.4, -0.2) is 38.0 Å². The Balaban J connectivity index is 0.00000172. The highest BCUT2D eigenvalue weighted by molar-refractivity contribution is 5.51. The molecule has 3 heterocycles. The van der Waals surface area contributed by atoms with Gasteiger partial charge in [-0.15, -0.1) is 25.7 Å². The molecule has 0 spiro atoms. The minimum atomic E-state index is 0.0333. The van der Waals surface area contributed by atoms with Crippen LogP contribution in [0, 0.1) is 25.7 Å². The first-order chi connectivity index (χ1) is 18.6. The highest BCUT2D eigenvalue weighted by atomic mass is 16.4. The molecule has 202 valence electrons. The Morgan fingerprint density at radius 3 is 2.34 bits per heavy atom. The minimum absolute atomic E-state index is 0.0333. The molecule has 0 bridgehead atoms. The standard InChI is InChI=1S/C26H37N7O.2C2H2/c1-5-11-27-17-24-29-13-8-9-20(10-14-30-24)26-31-16-23(34-26)19(4)15-22-21(7-3)32-25(33-22)18-28-12-6-2;2*1-2/h7-10,13-16,19,27-28H,5-6,11-12,17-18H2,1-4H3,(H,29,30)(H,32,33);2*1-2H/b13-8?,14-10?,20-9?,21-7+,22-15+;;. The van der Waals surface area contributed by atoms with E-state index in [4.69, 9.17) is 4.42 Å². The number of hydrogen-bond donors (Lipinski definition) is 4. The fourth-order valence-electron chi connectivity index (χ4n) is 3.45. The second-order valence-electron chi connectivity index (χ2n) is 8.16. The molecule has 0 aliphatic rings. The molecule has 8 nitrogen and oxygen atoms in total. The lowest BCUT2D eigenvalue weighted by atomic mass is 10.1. The van der Waals surface area contributed by atoms with Crippen molar-refractivity contribution in [2.75, 3.05) is 13.1 Å². The number of nitrogens with one attached hydrogen (secondary N) is 4. The smallest absolute Gasteiger partial charge is 0.226 e. The molecule has 0 aliphatic heterocycles. The molecular weight excluding hydrogens is 474 g/mol. The fourth-order valence-corrected chi connectivity index (χ4v) is 3.45. The van der Waals surface area contributed by atoms with Crippen molar-refractivity contribution >= 4 is 12.2 Å². The van der Waals surface area contributed by atoms with Crippen LogP contribution in [0.1, 0.15) is 63.9 Å². The van der Waals surface area contributed by atoms with Gasteiger partial charge in [-0.05, 0) is 57.1 Å². The van der Waals surface area contributed by atoms with Crippen LogP contribution in [-0.2, 0) is 13.1 Å². The van der Waals surface area contributed by atoms with Crippen LogP contribution in [0.3, 0.4) is 0 Å². The monoisotopic (exact) mass is 515 g/mol. The maximum Gasteiger partial charge on any atom is 0.226 e. The summed E-state index contributed by atoms with van der Waals surface area (Å²) in [6, 6.07) is 5.79. The van der Waals surface area contributed by atoms with Crippen LogP contribution in [0.5, 0.6) is 0 Å². The second-order valence-corrected chi connectivity index (χ2v) is 8.16. The number of H-pyrrole nitrogens is 2. The van der Waals surface area contributed by atoms with Crippen molar-refractivity contribution in [3.8, 4) is 37.1 Å². The maximum atomic E-state index is 6.13.